The molecule has 9 rings (SSSR count). The van der Waals surface area contributed by atoms with Crippen LogP contribution in [0.15, 0.2) is 121 Å². The molecule has 2 aliphatic heterocycles. The minimum absolute atomic E-state index is 0.174. The van der Waals surface area contributed by atoms with Crippen LogP contribution in [0, 0.1) is 0 Å². The number of nitrogens with zero attached hydrogens (tertiary/aromatic N) is 2. The first-order valence-corrected chi connectivity index (χ1v) is 24.7. The van der Waals surface area contributed by atoms with Gasteiger partial charge in [0.25, 0.3) is 0 Å². The molecule has 2 aliphatic rings. The van der Waals surface area contributed by atoms with Crippen molar-refractivity contribution in [1.82, 2.24) is 19.9 Å². The van der Waals surface area contributed by atoms with Crippen LogP contribution in [0.5, 0.6) is 23.0 Å². The fourth-order valence-corrected chi connectivity index (χ4v) is 9.51. The lowest BCUT2D eigenvalue weighted by atomic mass is 10.0. The third-order valence-electron chi connectivity index (χ3n) is 13.1. The second-order valence-corrected chi connectivity index (χ2v) is 18.1. The van der Waals surface area contributed by atoms with E-state index < -0.39 is 0 Å². The van der Waals surface area contributed by atoms with Crippen LogP contribution >= 0.6 is 0 Å². The largest absolute Gasteiger partial charge is 0.508 e. The third kappa shape index (κ3) is 10.9. The average molecular weight is 903 g/mol. The Bertz CT molecular complexity index is 2990. The number of nitrogens with one attached hydrogen (secondary N) is 2. The number of aromatic hydroxyl groups is 3. The van der Waals surface area contributed by atoms with Gasteiger partial charge in [-0.25, -0.2) is 9.97 Å². The predicted molar refractivity (Wildman–Crippen MR) is 281 cm³/mol. The van der Waals surface area contributed by atoms with E-state index in [0.29, 0.717) is 6.61 Å². The molecule has 0 spiro atoms. The van der Waals surface area contributed by atoms with Crippen molar-refractivity contribution in [3.63, 3.8) is 0 Å². The summed E-state index contributed by atoms with van der Waals surface area (Å²) in [5.74, 6) is 1.38. The van der Waals surface area contributed by atoms with Gasteiger partial charge in [0, 0.05) is 44.3 Å². The van der Waals surface area contributed by atoms with Gasteiger partial charge in [-0.05, 0) is 126 Å². The standard InChI is InChI=1S/C60H62N4O4/c1-2-3-4-5-6-7-8-9-10-11-12-13-14-15-40-68-48-30-22-44(23-31-48)60-55-38-36-53(63-55)58(42-18-26-46(66)27-19-42)51-34-32-49(61-51)57(41-16-24-45(65)25-17-41)50-33-35-52(62-50)59(54-37-39-56(60)64-54)43-20-28-47(67)29-21-43/h16-39,61,64-67H,2-15,40H2,1H3. The normalized spacial score (nSPS) is 12.0. The number of hydrogen-bond acceptors (Lipinski definition) is 6. The summed E-state index contributed by atoms with van der Waals surface area (Å²) >= 11 is 0. The number of fused-ring (bicyclic) bond motifs is 8. The van der Waals surface area contributed by atoms with Crippen molar-refractivity contribution >= 4 is 46.4 Å². The third-order valence-corrected chi connectivity index (χ3v) is 13.1. The Morgan fingerprint density at radius 1 is 0.353 bits per heavy atom. The summed E-state index contributed by atoms with van der Waals surface area (Å²) in [4.78, 5) is 18.2. The average Bonchev–Trinajstić information content (AvgIpc) is 4.21. The molecule has 8 nitrogen and oxygen atoms in total. The van der Waals surface area contributed by atoms with E-state index in [2.05, 4.69) is 77.6 Å². The van der Waals surface area contributed by atoms with Gasteiger partial charge in [0.1, 0.15) is 23.0 Å². The number of aromatic nitrogens is 4. The van der Waals surface area contributed by atoms with Gasteiger partial charge < -0.3 is 30.0 Å². The molecular weight excluding hydrogens is 841 g/mol. The smallest absolute Gasteiger partial charge is 0.119 e. The number of hydrogen-bond donors (Lipinski definition) is 5. The zero-order chi connectivity index (χ0) is 46.7. The van der Waals surface area contributed by atoms with E-state index in [-0.39, 0.29) is 17.2 Å². The summed E-state index contributed by atoms with van der Waals surface area (Å²) in [6, 6.07) is 38.2. The van der Waals surface area contributed by atoms with Crippen molar-refractivity contribution in [3.8, 4) is 67.5 Å². The van der Waals surface area contributed by atoms with Crippen LogP contribution in [0.1, 0.15) is 120 Å². The summed E-state index contributed by atoms with van der Waals surface area (Å²) < 4.78 is 6.28. The van der Waals surface area contributed by atoms with E-state index in [1.165, 1.54) is 83.5 Å². The predicted octanol–water partition coefficient (Wildman–Crippen LogP) is 16.3. The lowest BCUT2D eigenvalue weighted by Crippen LogP contribution is -1.97. The molecule has 8 bridgehead atoms. The van der Waals surface area contributed by atoms with E-state index >= 15 is 0 Å². The Kier molecular flexibility index (Phi) is 14.8. The highest BCUT2D eigenvalue weighted by atomic mass is 16.5. The van der Waals surface area contributed by atoms with Gasteiger partial charge in [0.15, 0.2) is 0 Å². The Labute approximate surface area is 399 Å². The fourth-order valence-electron chi connectivity index (χ4n) is 9.51. The van der Waals surface area contributed by atoms with E-state index in [0.717, 1.165) is 102 Å². The first-order chi connectivity index (χ1) is 33.4. The minimum Gasteiger partial charge on any atom is -0.508 e. The van der Waals surface area contributed by atoms with Gasteiger partial charge in [-0.15, -0.1) is 0 Å². The van der Waals surface area contributed by atoms with Crippen molar-refractivity contribution in [2.24, 2.45) is 0 Å². The Morgan fingerprint density at radius 2 is 0.632 bits per heavy atom. The van der Waals surface area contributed by atoms with Crippen LogP contribution in [0.3, 0.4) is 0 Å². The molecule has 7 aromatic rings. The number of aromatic amines is 2. The maximum atomic E-state index is 10.3. The Hall–Kier alpha value is -7.32. The summed E-state index contributed by atoms with van der Waals surface area (Å²) in [6.45, 7) is 2.98. The molecule has 68 heavy (non-hydrogen) atoms. The lowest BCUT2D eigenvalue weighted by Gasteiger charge is -2.09. The molecule has 346 valence electrons. The molecule has 0 atom stereocenters. The van der Waals surface area contributed by atoms with Crippen molar-refractivity contribution in [2.45, 2.75) is 96.8 Å². The molecule has 0 unspecified atom stereocenters. The van der Waals surface area contributed by atoms with Crippen molar-refractivity contribution in [2.75, 3.05) is 6.61 Å². The highest BCUT2D eigenvalue weighted by Crippen LogP contribution is 2.39. The number of rotatable bonds is 20. The molecule has 5 N–H and O–H groups in total. The first-order valence-electron chi connectivity index (χ1n) is 24.7. The molecular formula is C60H62N4O4. The van der Waals surface area contributed by atoms with E-state index in [1.54, 1.807) is 36.4 Å². The lowest BCUT2D eigenvalue weighted by molar-refractivity contribution is 0.304. The van der Waals surface area contributed by atoms with Gasteiger partial charge in [-0.1, -0.05) is 139 Å². The molecule has 8 heteroatoms. The molecule has 0 amide bonds. The fraction of sp³-hybridized carbons (Fsp3) is 0.267. The van der Waals surface area contributed by atoms with Crippen LogP contribution < -0.4 is 4.74 Å². The van der Waals surface area contributed by atoms with Crippen LogP contribution in [0.4, 0.5) is 0 Å². The van der Waals surface area contributed by atoms with Gasteiger partial charge in [0.2, 0.25) is 0 Å². The van der Waals surface area contributed by atoms with Gasteiger partial charge in [-0.3, -0.25) is 0 Å². The summed E-state index contributed by atoms with van der Waals surface area (Å²) in [5.41, 5.74) is 13.6. The van der Waals surface area contributed by atoms with Crippen molar-refractivity contribution < 1.29 is 20.1 Å². The van der Waals surface area contributed by atoms with Crippen molar-refractivity contribution in [3.05, 3.63) is 144 Å². The number of unbranched alkanes of at least 4 members (excludes halogenated alkanes) is 13. The molecule has 0 fully saturated rings. The number of benzene rings is 4. The molecule has 5 heterocycles. The van der Waals surface area contributed by atoms with Crippen LogP contribution in [0.25, 0.3) is 90.9 Å². The van der Waals surface area contributed by atoms with E-state index in [9.17, 15) is 15.3 Å². The maximum Gasteiger partial charge on any atom is 0.119 e. The molecule has 0 aliphatic carbocycles. The van der Waals surface area contributed by atoms with Gasteiger partial charge in [0.05, 0.1) is 29.4 Å². The topological polar surface area (TPSA) is 127 Å². The monoisotopic (exact) mass is 902 g/mol. The Morgan fingerprint density at radius 3 is 0.941 bits per heavy atom. The molecule has 3 aromatic heterocycles. The summed E-state index contributed by atoms with van der Waals surface area (Å²) in [6.07, 6.45) is 26.8. The minimum atomic E-state index is 0.174. The van der Waals surface area contributed by atoms with Gasteiger partial charge >= 0.3 is 0 Å². The molecule has 0 saturated heterocycles. The SMILES string of the molecule is CCCCCCCCCCCCCCCCOc1ccc(-c2c3nc(c(-c4ccc(O)cc4)c4ccc([nH]4)c(-c4ccc(O)cc4)c4nc(c(-c5ccc(O)cc5)c5ccc2[nH]5)C=C4)C=C3)cc1. The van der Waals surface area contributed by atoms with E-state index in [1.807, 2.05) is 48.6 Å². The zero-order valence-corrected chi connectivity index (χ0v) is 39.1. The number of phenolic OH excluding ortho intramolecular Hbond substituents is 3. The highest BCUT2D eigenvalue weighted by molar-refractivity contribution is 6.00. The number of phenols is 3. The van der Waals surface area contributed by atoms with Crippen LogP contribution in [-0.2, 0) is 0 Å². The van der Waals surface area contributed by atoms with Crippen LogP contribution in [0.2, 0.25) is 0 Å². The molecule has 0 saturated carbocycles. The van der Waals surface area contributed by atoms with Crippen LogP contribution in [-0.4, -0.2) is 41.9 Å². The molecule has 4 aromatic carbocycles. The van der Waals surface area contributed by atoms with Crippen molar-refractivity contribution in [1.29, 1.82) is 0 Å². The highest BCUT2D eigenvalue weighted by Gasteiger charge is 2.19. The zero-order valence-electron chi connectivity index (χ0n) is 39.1. The number of ether oxygens (including phenoxy) is 1. The Balaban J connectivity index is 1.07. The quantitative estimate of drug-likeness (QED) is 0.0485. The summed E-state index contributed by atoms with van der Waals surface area (Å²) in [7, 11) is 0. The number of H-pyrrole nitrogens is 2. The van der Waals surface area contributed by atoms with E-state index in [4.69, 9.17) is 14.7 Å². The first kappa shape index (κ1) is 45.8. The summed E-state index contributed by atoms with van der Waals surface area (Å²) in [5, 5.41) is 30.9. The maximum absolute atomic E-state index is 10.3. The second kappa shape index (κ2) is 22.0. The second-order valence-electron chi connectivity index (χ2n) is 18.1. The van der Waals surface area contributed by atoms with Gasteiger partial charge in [-0.2, -0.15) is 0 Å². The molecule has 0 radical (unpaired) electrons.